The summed E-state index contributed by atoms with van der Waals surface area (Å²) in [5.41, 5.74) is 6.98. The SMILES string of the molecule is CC(C)(C)OC[C@@H](N)c1ccccc1. The lowest BCUT2D eigenvalue weighted by molar-refractivity contribution is -0.0102. The first kappa shape index (κ1) is 11.2. The Bertz CT molecular complexity index is 263. The lowest BCUT2D eigenvalue weighted by Gasteiger charge is -2.22. The first-order chi connectivity index (χ1) is 6.49. The van der Waals surface area contributed by atoms with E-state index < -0.39 is 0 Å². The van der Waals surface area contributed by atoms with Gasteiger partial charge in [-0.2, -0.15) is 0 Å². The molecule has 0 spiro atoms. The summed E-state index contributed by atoms with van der Waals surface area (Å²) in [6.07, 6.45) is 0. The highest BCUT2D eigenvalue weighted by Gasteiger charge is 2.13. The molecule has 1 aromatic carbocycles. The highest BCUT2D eigenvalue weighted by Crippen LogP contribution is 2.14. The van der Waals surface area contributed by atoms with Crippen molar-refractivity contribution in [2.24, 2.45) is 5.73 Å². The fourth-order valence-corrected chi connectivity index (χ4v) is 1.14. The van der Waals surface area contributed by atoms with Crippen molar-refractivity contribution in [2.45, 2.75) is 32.4 Å². The predicted molar refractivity (Wildman–Crippen MR) is 59.1 cm³/mol. The molecule has 0 radical (unpaired) electrons. The molecule has 0 aliphatic rings. The molecule has 0 saturated heterocycles. The molecule has 0 aromatic heterocycles. The van der Waals surface area contributed by atoms with Gasteiger partial charge in [-0.1, -0.05) is 30.3 Å². The van der Waals surface area contributed by atoms with Gasteiger partial charge in [0.1, 0.15) is 0 Å². The van der Waals surface area contributed by atoms with E-state index in [-0.39, 0.29) is 11.6 Å². The van der Waals surface area contributed by atoms with Crippen LogP contribution in [-0.4, -0.2) is 12.2 Å². The quantitative estimate of drug-likeness (QED) is 0.800. The van der Waals surface area contributed by atoms with Gasteiger partial charge < -0.3 is 10.5 Å². The first-order valence-electron chi connectivity index (χ1n) is 4.93. The molecule has 0 heterocycles. The summed E-state index contributed by atoms with van der Waals surface area (Å²) >= 11 is 0. The fourth-order valence-electron chi connectivity index (χ4n) is 1.14. The van der Waals surface area contributed by atoms with Crippen LogP contribution in [0.3, 0.4) is 0 Å². The first-order valence-corrected chi connectivity index (χ1v) is 4.93. The van der Waals surface area contributed by atoms with Crippen LogP contribution in [-0.2, 0) is 4.74 Å². The molecular formula is C12H19NO. The Morgan fingerprint density at radius 1 is 1.21 bits per heavy atom. The van der Waals surface area contributed by atoms with Gasteiger partial charge in [-0.25, -0.2) is 0 Å². The maximum absolute atomic E-state index is 5.98. The van der Waals surface area contributed by atoms with Gasteiger partial charge in [0, 0.05) is 0 Å². The van der Waals surface area contributed by atoms with Crippen molar-refractivity contribution < 1.29 is 4.74 Å². The summed E-state index contributed by atoms with van der Waals surface area (Å²) in [5, 5.41) is 0. The summed E-state index contributed by atoms with van der Waals surface area (Å²) in [4.78, 5) is 0. The molecule has 78 valence electrons. The lowest BCUT2D eigenvalue weighted by Crippen LogP contribution is -2.26. The van der Waals surface area contributed by atoms with E-state index in [2.05, 4.69) is 0 Å². The third kappa shape index (κ3) is 3.90. The Morgan fingerprint density at radius 2 is 1.79 bits per heavy atom. The second kappa shape index (κ2) is 4.58. The molecule has 1 aromatic rings. The molecule has 2 heteroatoms. The van der Waals surface area contributed by atoms with Crippen molar-refractivity contribution in [3.8, 4) is 0 Å². The van der Waals surface area contributed by atoms with Crippen LogP contribution in [0, 0.1) is 0 Å². The van der Waals surface area contributed by atoms with Gasteiger partial charge in [0.05, 0.1) is 18.2 Å². The van der Waals surface area contributed by atoms with Crippen LogP contribution in [0.5, 0.6) is 0 Å². The monoisotopic (exact) mass is 193 g/mol. The Labute approximate surface area is 86.1 Å². The van der Waals surface area contributed by atoms with Gasteiger partial charge in [0.2, 0.25) is 0 Å². The molecule has 0 bridgehead atoms. The Balaban J connectivity index is 2.48. The number of benzene rings is 1. The van der Waals surface area contributed by atoms with Gasteiger partial charge in [-0.15, -0.1) is 0 Å². The van der Waals surface area contributed by atoms with E-state index in [0.717, 1.165) is 5.56 Å². The maximum atomic E-state index is 5.98. The molecule has 0 fully saturated rings. The Hall–Kier alpha value is -0.860. The molecule has 1 rings (SSSR count). The van der Waals surface area contributed by atoms with Crippen molar-refractivity contribution in [1.29, 1.82) is 0 Å². The molecule has 0 aliphatic carbocycles. The van der Waals surface area contributed by atoms with Crippen LogP contribution in [0.2, 0.25) is 0 Å². The lowest BCUT2D eigenvalue weighted by atomic mass is 10.1. The third-order valence-electron chi connectivity index (χ3n) is 1.92. The van der Waals surface area contributed by atoms with Crippen LogP contribution >= 0.6 is 0 Å². The largest absolute Gasteiger partial charge is 0.374 e. The minimum atomic E-state index is -0.119. The van der Waals surface area contributed by atoms with E-state index >= 15 is 0 Å². The summed E-state index contributed by atoms with van der Waals surface area (Å²) < 4.78 is 5.62. The highest BCUT2D eigenvalue weighted by molar-refractivity contribution is 5.18. The molecule has 0 unspecified atom stereocenters. The van der Waals surface area contributed by atoms with Gasteiger partial charge in [0.15, 0.2) is 0 Å². The topological polar surface area (TPSA) is 35.2 Å². The van der Waals surface area contributed by atoms with Crippen LogP contribution in [0.1, 0.15) is 32.4 Å². The molecule has 0 aliphatic heterocycles. The second-order valence-electron chi connectivity index (χ2n) is 4.44. The normalized spacial score (nSPS) is 14.0. The van der Waals surface area contributed by atoms with Crippen LogP contribution in [0.15, 0.2) is 30.3 Å². The summed E-state index contributed by atoms with van der Waals surface area (Å²) in [6.45, 7) is 6.66. The number of nitrogens with two attached hydrogens (primary N) is 1. The zero-order valence-corrected chi connectivity index (χ0v) is 9.16. The van der Waals surface area contributed by atoms with E-state index in [1.54, 1.807) is 0 Å². The van der Waals surface area contributed by atoms with E-state index in [0.29, 0.717) is 6.61 Å². The summed E-state index contributed by atoms with van der Waals surface area (Å²) in [7, 11) is 0. The van der Waals surface area contributed by atoms with Crippen molar-refractivity contribution >= 4 is 0 Å². The number of hydrogen-bond donors (Lipinski definition) is 1. The van der Waals surface area contributed by atoms with Crippen molar-refractivity contribution in [3.05, 3.63) is 35.9 Å². The van der Waals surface area contributed by atoms with Gasteiger partial charge in [-0.05, 0) is 26.3 Å². The minimum Gasteiger partial charge on any atom is -0.374 e. The minimum absolute atomic E-state index is 0.0320. The number of rotatable bonds is 3. The fraction of sp³-hybridized carbons (Fsp3) is 0.500. The molecule has 2 N–H and O–H groups in total. The second-order valence-corrected chi connectivity index (χ2v) is 4.44. The van der Waals surface area contributed by atoms with E-state index in [1.807, 2.05) is 51.1 Å². The molecule has 1 atom stereocenters. The van der Waals surface area contributed by atoms with Crippen molar-refractivity contribution in [3.63, 3.8) is 0 Å². The van der Waals surface area contributed by atoms with Crippen LogP contribution in [0.4, 0.5) is 0 Å². The molecule has 0 saturated carbocycles. The predicted octanol–water partition coefficient (Wildman–Crippen LogP) is 2.50. The van der Waals surface area contributed by atoms with Crippen molar-refractivity contribution in [1.82, 2.24) is 0 Å². The van der Waals surface area contributed by atoms with E-state index in [9.17, 15) is 0 Å². The van der Waals surface area contributed by atoms with E-state index in [1.165, 1.54) is 0 Å². The molecular weight excluding hydrogens is 174 g/mol. The van der Waals surface area contributed by atoms with Crippen molar-refractivity contribution in [2.75, 3.05) is 6.61 Å². The zero-order chi connectivity index (χ0) is 10.6. The Morgan fingerprint density at radius 3 is 2.29 bits per heavy atom. The summed E-state index contributed by atoms with van der Waals surface area (Å²) in [6, 6.07) is 9.99. The van der Waals surface area contributed by atoms with Gasteiger partial charge in [0.25, 0.3) is 0 Å². The third-order valence-corrected chi connectivity index (χ3v) is 1.92. The zero-order valence-electron chi connectivity index (χ0n) is 9.16. The number of hydrogen-bond acceptors (Lipinski definition) is 2. The standard InChI is InChI=1S/C12H19NO/c1-12(2,3)14-9-11(13)10-7-5-4-6-8-10/h4-8,11H,9,13H2,1-3H3/t11-/m1/s1. The molecule has 0 amide bonds. The highest BCUT2D eigenvalue weighted by atomic mass is 16.5. The summed E-state index contributed by atoms with van der Waals surface area (Å²) in [5.74, 6) is 0. The molecule has 2 nitrogen and oxygen atoms in total. The van der Waals surface area contributed by atoms with Gasteiger partial charge in [-0.3, -0.25) is 0 Å². The maximum Gasteiger partial charge on any atom is 0.0666 e. The van der Waals surface area contributed by atoms with Crippen LogP contribution in [0.25, 0.3) is 0 Å². The average Bonchev–Trinajstić information content (AvgIpc) is 2.14. The smallest absolute Gasteiger partial charge is 0.0666 e. The average molecular weight is 193 g/mol. The van der Waals surface area contributed by atoms with Crippen LogP contribution < -0.4 is 5.73 Å². The van der Waals surface area contributed by atoms with E-state index in [4.69, 9.17) is 10.5 Å². The molecule has 14 heavy (non-hydrogen) atoms. The van der Waals surface area contributed by atoms with Gasteiger partial charge >= 0.3 is 0 Å². The Kier molecular flexibility index (Phi) is 3.67. The number of ether oxygens (including phenoxy) is 1.